The molecule has 0 radical (unpaired) electrons. The van der Waals surface area contributed by atoms with E-state index in [1.54, 1.807) is 19.1 Å². The molecule has 2 heterocycles. The number of carbonyl (C=O) groups excluding carboxylic acids is 1. The highest BCUT2D eigenvalue weighted by Gasteiger charge is 2.48. The van der Waals surface area contributed by atoms with Gasteiger partial charge in [-0.15, -0.1) is 0 Å². The minimum atomic E-state index is -0.891. The van der Waals surface area contributed by atoms with Crippen LogP contribution in [0.1, 0.15) is 42.9 Å². The Morgan fingerprint density at radius 2 is 1.82 bits per heavy atom. The van der Waals surface area contributed by atoms with Gasteiger partial charge in [0.25, 0.3) is 0 Å². The number of unbranched alkanes of at least 4 members (excludes halogenated alkanes) is 1. The quantitative estimate of drug-likeness (QED) is 0.602. The van der Waals surface area contributed by atoms with Crippen molar-refractivity contribution in [3.8, 4) is 17.2 Å². The third kappa shape index (κ3) is 4.82. The fourth-order valence-electron chi connectivity index (χ4n) is 4.89. The lowest BCUT2D eigenvalue weighted by molar-refractivity contribution is -0.143. The molecule has 0 spiro atoms. The number of benzene rings is 2. The lowest BCUT2D eigenvalue weighted by Gasteiger charge is -2.28. The molecule has 182 valence electrons. The van der Waals surface area contributed by atoms with Gasteiger partial charge in [0.1, 0.15) is 5.75 Å². The number of hydrogen-bond donors (Lipinski definition) is 1. The molecule has 0 saturated carbocycles. The second kappa shape index (κ2) is 10.3. The molecule has 1 amide bonds. The van der Waals surface area contributed by atoms with Crippen LogP contribution in [0.3, 0.4) is 0 Å². The predicted octanol–water partition coefficient (Wildman–Crippen LogP) is 3.52. The summed E-state index contributed by atoms with van der Waals surface area (Å²) >= 11 is 0. The number of hydrogen-bond acceptors (Lipinski definition) is 6. The normalized spacial score (nSPS) is 21.4. The van der Waals surface area contributed by atoms with Gasteiger partial charge in [0.05, 0.1) is 19.6 Å². The number of likely N-dealkylation sites (tertiary alicyclic amines) is 1. The highest BCUT2D eigenvalue weighted by molar-refractivity contribution is 5.79. The van der Waals surface area contributed by atoms with Crippen LogP contribution in [-0.4, -0.2) is 67.4 Å². The average Bonchev–Trinajstić information content (AvgIpc) is 3.46. The SMILES string of the molecule is CCCCN(C)C(=O)CN1C[C@H](c2ccc3c(c2)OCO3)[C@H](C(=O)O)[C@H]1c1ccc(OC)cc1. The van der Waals surface area contributed by atoms with Gasteiger partial charge in [0.15, 0.2) is 11.5 Å². The maximum Gasteiger partial charge on any atom is 0.309 e. The molecule has 0 bridgehead atoms. The van der Waals surface area contributed by atoms with Crippen LogP contribution in [0.15, 0.2) is 42.5 Å². The van der Waals surface area contributed by atoms with E-state index in [0.29, 0.717) is 30.3 Å². The first-order valence-corrected chi connectivity index (χ1v) is 11.7. The van der Waals surface area contributed by atoms with Gasteiger partial charge in [-0.05, 0) is 41.8 Å². The first-order valence-electron chi connectivity index (χ1n) is 11.7. The Morgan fingerprint density at radius 3 is 2.50 bits per heavy atom. The fourth-order valence-corrected chi connectivity index (χ4v) is 4.89. The zero-order valence-corrected chi connectivity index (χ0v) is 19.9. The van der Waals surface area contributed by atoms with Crippen molar-refractivity contribution in [2.75, 3.05) is 40.6 Å². The number of aliphatic carboxylic acids is 1. The summed E-state index contributed by atoms with van der Waals surface area (Å²) in [5.74, 6) is 0.0276. The van der Waals surface area contributed by atoms with Gasteiger partial charge in [0.2, 0.25) is 12.7 Å². The van der Waals surface area contributed by atoms with Crippen LogP contribution in [0.5, 0.6) is 17.2 Å². The predicted molar refractivity (Wildman–Crippen MR) is 126 cm³/mol. The van der Waals surface area contributed by atoms with Crippen LogP contribution in [0, 0.1) is 5.92 Å². The van der Waals surface area contributed by atoms with Crippen molar-refractivity contribution in [3.63, 3.8) is 0 Å². The summed E-state index contributed by atoms with van der Waals surface area (Å²) < 4.78 is 16.2. The van der Waals surface area contributed by atoms with E-state index in [9.17, 15) is 14.7 Å². The van der Waals surface area contributed by atoms with Crippen LogP contribution in [0.4, 0.5) is 0 Å². The third-order valence-corrected chi connectivity index (χ3v) is 6.78. The van der Waals surface area contributed by atoms with Crippen LogP contribution in [0.2, 0.25) is 0 Å². The van der Waals surface area contributed by atoms with E-state index < -0.39 is 17.9 Å². The Labute approximate surface area is 200 Å². The van der Waals surface area contributed by atoms with E-state index in [-0.39, 0.29) is 25.2 Å². The zero-order chi connectivity index (χ0) is 24.2. The maximum atomic E-state index is 13.0. The molecule has 8 heteroatoms. The Bertz CT molecular complexity index is 1020. The van der Waals surface area contributed by atoms with Crippen molar-refractivity contribution in [3.05, 3.63) is 53.6 Å². The van der Waals surface area contributed by atoms with Gasteiger partial charge in [-0.2, -0.15) is 0 Å². The molecule has 4 rings (SSSR count). The van der Waals surface area contributed by atoms with Crippen LogP contribution < -0.4 is 14.2 Å². The summed E-state index contributed by atoms with van der Waals surface area (Å²) in [5.41, 5.74) is 1.71. The van der Waals surface area contributed by atoms with E-state index in [0.717, 1.165) is 24.0 Å². The van der Waals surface area contributed by atoms with E-state index >= 15 is 0 Å². The fraction of sp³-hybridized carbons (Fsp3) is 0.462. The van der Waals surface area contributed by atoms with Crippen molar-refractivity contribution >= 4 is 11.9 Å². The molecule has 1 fully saturated rings. The number of rotatable bonds is 9. The maximum absolute atomic E-state index is 13.0. The van der Waals surface area contributed by atoms with Gasteiger partial charge >= 0.3 is 5.97 Å². The summed E-state index contributed by atoms with van der Waals surface area (Å²) in [6.45, 7) is 3.53. The third-order valence-electron chi connectivity index (χ3n) is 6.78. The molecule has 8 nitrogen and oxygen atoms in total. The minimum absolute atomic E-state index is 0.0116. The smallest absolute Gasteiger partial charge is 0.309 e. The lowest BCUT2D eigenvalue weighted by Crippen LogP contribution is -2.39. The lowest BCUT2D eigenvalue weighted by atomic mass is 9.82. The van der Waals surface area contributed by atoms with Gasteiger partial charge in [-0.25, -0.2) is 0 Å². The molecule has 1 N–H and O–H groups in total. The van der Waals surface area contributed by atoms with Crippen molar-refractivity contribution in [2.45, 2.75) is 31.7 Å². The van der Waals surface area contributed by atoms with E-state index in [1.807, 2.05) is 47.4 Å². The summed E-state index contributed by atoms with van der Waals surface area (Å²) in [4.78, 5) is 29.4. The summed E-state index contributed by atoms with van der Waals surface area (Å²) in [5, 5.41) is 10.3. The summed E-state index contributed by atoms with van der Waals surface area (Å²) in [7, 11) is 3.40. The molecule has 0 aromatic heterocycles. The van der Waals surface area contributed by atoms with Gasteiger partial charge < -0.3 is 24.2 Å². The van der Waals surface area contributed by atoms with E-state index in [1.165, 1.54) is 0 Å². The van der Waals surface area contributed by atoms with Gasteiger partial charge in [0, 0.05) is 32.1 Å². The molecule has 0 unspecified atom stereocenters. The second-order valence-electron chi connectivity index (χ2n) is 8.90. The number of nitrogens with zero attached hydrogens (tertiary/aromatic N) is 2. The van der Waals surface area contributed by atoms with Crippen LogP contribution in [-0.2, 0) is 9.59 Å². The Kier molecular flexibility index (Phi) is 7.26. The Morgan fingerprint density at radius 1 is 1.12 bits per heavy atom. The van der Waals surface area contributed by atoms with E-state index in [4.69, 9.17) is 14.2 Å². The van der Waals surface area contributed by atoms with Crippen molar-refractivity contribution < 1.29 is 28.9 Å². The standard InChI is InChI=1S/C26H32N2O6/c1-4-5-12-27(2)23(29)15-28-14-20(18-8-11-21-22(13-18)34-16-33-21)24(26(30)31)25(28)17-6-9-19(32-3)10-7-17/h6-11,13,20,24-25H,4-5,12,14-16H2,1-3H3,(H,30,31)/t20-,24+,25-/m1/s1. The summed E-state index contributed by atoms with van der Waals surface area (Å²) in [6.07, 6.45) is 1.94. The highest BCUT2D eigenvalue weighted by atomic mass is 16.7. The van der Waals surface area contributed by atoms with Crippen molar-refractivity contribution in [2.24, 2.45) is 5.92 Å². The minimum Gasteiger partial charge on any atom is -0.497 e. The number of fused-ring (bicyclic) bond motifs is 1. The highest BCUT2D eigenvalue weighted by Crippen LogP contribution is 2.47. The molecule has 0 aliphatic carbocycles. The Balaban J connectivity index is 1.68. The molecule has 2 aliphatic heterocycles. The molecule has 34 heavy (non-hydrogen) atoms. The Hall–Kier alpha value is -3.26. The number of amides is 1. The number of ether oxygens (including phenoxy) is 3. The number of methoxy groups -OCH3 is 1. The molecular formula is C26H32N2O6. The number of carbonyl (C=O) groups is 2. The first-order chi connectivity index (χ1) is 16.4. The topological polar surface area (TPSA) is 88.5 Å². The molecule has 3 atom stereocenters. The monoisotopic (exact) mass is 468 g/mol. The van der Waals surface area contributed by atoms with Gasteiger partial charge in [-0.3, -0.25) is 14.5 Å². The van der Waals surface area contributed by atoms with Crippen molar-refractivity contribution in [1.82, 2.24) is 9.80 Å². The second-order valence-corrected chi connectivity index (χ2v) is 8.90. The summed E-state index contributed by atoms with van der Waals surface area (Å²) in [6, 6.07) is 12.6. The van der Waals surface area contributed by atoms with E-state index in [2.05, 4.69) is 6.92 Å². The molecule has 2 aromatic carbocycles. The van der Waals surface area contributed by atoms with Crippen LogP contribution in [0.25, 0.3) is 0 Å². The first kappa shape index (κ1) is 23.9. The molecule has 2 aliphatic rings. The number of likely N-dealkylation sites (N-methyl/N-ethyl adjacent to an activating group) is 1. The van der Waals surface area contributed by atoms with Gasteiger partial charge in [-0.1, -0.05) is 31.5 Å². The zero-order valence-electron chi connectivity index (χ0n) is 19.9. The number of carboxylic acids is 1. The van der Waals surface area contributed by atoms with Crippen LogP contribution >= 0.6 is 0 Å². The molecule has 2 aromatic rings. The largest absolute Gasteiger partial charge is 0.497 e. The molecular weight excluding hydrogens is 436 g/mol. The number of carboxylic acid groups (broad SMARTS) is 1. The van der Waals surface area contributed by atoms with Crippen molar-refractivity contribution in [1.29, 1.82) is 0 Å². The molecule has 1 saturated heterocycles. The average molecular weight is 469 g/mol.